The molecule has 0 aromatic heterocycles. The van der Waals surface area contributed by atoms with Gasteiger partial charge in [0.05, 0.1) is 25.9 Å². The average molecular weight is 368 g/mol. The number of ether oxygens (including phenoxy) is 3. The third-order valence-corrected chi connectivity index (χ3v) is 3.86. The fraction of sp³-hybridized carbons (Fsp3) is 0.444. The molecule has 2 rings (SSSR count). The molecule has 1 unspecified atom stereocenters. The first-order valence-electron chi connectivity index (χ1n) is 7.91. The van der Waals surface area contributed by atoms with Gasteiger partial charge in [-0.2, -0.15) is 0 Å². The van der Waals surface area contributed by atoms with Crippen LogP contribution in [0.4, 0.5) is 4.79 Å². The summed E-state index contributed by atoms with van der Waals surface area (Å²) in [4.78, 5) is 25.2. The number of methoxy groups -OCH3 is 1. The van der Waals surface area contributed by atoms with Crippen LogP contribution in [0.5, 0.6) is 0 Å². The Kier molecular flexibility index (Phi) is 5.95. The van der Waals surface area contributed by atoms with Gasteiger partial charge in [-0.3, -0.25) is 9.69 Å². The van der Waals surface area contributed by atoms with Gasteiger partial charge in [-0.15, -0.1) is 0 Å². The molecule has 1 amide bonds. The van der Waals surface area contributed by atoms with Gasteiger partial charge in [0.2, 0.25) is 0 Å². The van der Waals surface area contributed by atoms with E-state index in [1.54, 1.807) is 26.8 Å². The lowest BCUT2D eigenvalue weighted by molar-refractivity contribution is -0.141. The first-order chi connectivity index (χ1) is 11.7. The number of halogens is 1. The van der Waals surface area contributed by atoms with Gasteiger partial charge < -0.3 is 14.2 Å². The predicted octanol–water partition coefficient (Wildman–Crippen LogP) is 4.20. The van der Waals surface area contributed by atoms with Crippen LogP contribution in [0.15, 0.2) is 47.2 Å². The number of rotatable bonds is 3. The zero-order valence-corrected chi connectivity index (χ0v) is 15.5. The zero-order valence-electron chi connectivity index (χ0n) is 14.7. The van der Waals surface area contributed by atoms with Gasteiger partial charge in [0.1, 0.15) is 17.6 Å². The van der Waals surface area contributed by atoms with Crippen LogP contribution in [-0.4, -0.2) is 29.7 Å². The molecule has 0 fully saturated rings. The first-order valence-corrected chi connectivity index (χ1v) is 8.29. The van der Waals surface area contributed by atoms with E-state index in [1.807, 2.05) is 6.08 Å². The SMILES string of the molecule is COC(=O)CC1CC=CC(Cl)=C1C1=CN(C(=O)OC(C)(C)C)C=CO1. The van der Waals surface area contributed by atoms with E-state index in [0.717, 1.165) is 0 Å². The topological polar surface area (TPSA) is 65.1 Å². The first kappa shape index (κ1) is 19.1. The Morgan fingerprint density at radius 1 is 1.40 bits per heavy atom. The fourth-order valence-corrected chi connectivity index (χ4v) is 2.79. The van der Waals surface area contributed by atoms with Crippen LogP contribution in [0.2, 0.25) is 0 Å². The van der Waals surface area contributed by atoms with Crippen LogP contribution in [0, 0.1) is 5.92 Å². The number of hydrogen-bond acceptors (Lipinski definition) is 5. The molecule has 6 nitrogen and oxygen atoms in total. The van der Waals surface area contributed by atoms with Gasteiger partial charge in [-0.25, -0.2) is 4.79 Å². The highest BCUT2D eigenvalue weighted by molar-refractivity contribution is 6.32. The molecule has 0 saturated carbocycles. The second-order valence-electron chi connectivity index (χ2n) is 6.66. The fourth-order valence-electron chi connectivity index (χ4n) is 2.46. The van der Waals surface area contributed by atoms with E-state index in [-0.39, 0.29) is 18.3 Å². The summed E-state index contributed by atoms with van der Waals surface area (Å²) >= 11 is 6.33. The monoisotopic (exact) mass is 367 g/mol. The molecular formula is C18H22ClNO5. The number of carbonyl (C=O) groups is 2. The van der Waals surface area contributed by atoms with Gasteiger partial charge in [-0.05, 0) is 33.3 Å². The van der Waals surface area contributed by atoms with Gasteiger partial charge in [0.15, 0.2) is 0 Å². The van der Waals surface area contributed by atoms with Gasteiger partial charge in [-0.1, -0.05) is 17.7 Å². The lowest BCUT2D eigenvalue weighted by Crippen LogP contribution is -2.32. The van der Waals surface area contributed by atoms with E-state index in [0.29, 0.717) is 22.8 Å². The second kappa shape index (κ2) is 7.78. The molecule has 1 aliphatic carbocycles. The minimum atomic E-state index is -0.616. The maximum atomic E-state index is 12.2. The van der Waals surface area contributed by atoms with E-state index in [1.165, 1.54) is 30.7 Å². The molecule has 0 aromatic carbocycles. The Morgan fingerprint density at radius 2 is 2.12 bits per heavy atom. The smallest absolute Gasteiger partial charge is 0.418 e. The maximum absolute atomic E-state index is 12.2. The predicted molar refractivity (Wildman–Crippen MR) is 93.1 cm³/mol. The van der Waals surface area contributed by atoms with Gasteiger partial charge in [0.25, 0.3) is 0 Å². The molecule has 7 heteroatoms. The summed E-state index contributed by atoms with van der Waals surface area (Å²) in [7, 11) is 1.34. The van der Waals surface area contributed by atoms with E-state index >= 15 is 0 Å². The molecule has 0 saturated heterocycles. The Labute approximate surface area is 152 Å². The van der Waals surface area contributed by atoms with Crippen molar-refractivity contribution in [3.8, 4) is 0 Å². The Morgan fingerprint density at radius 3 is 2.76 bits per heavy atom. The number of hydrogen-bond donors (Lipinski definition) is 0. The molecule has 0 N–H and O–H groups in total. The molecule has 2 aliphatic rings. The van der Waals surface area contributed by atoms with Crippen molar-refractivity contribution in [2.24, 2.45) is 5.92 Å². The van der Waals surface area contributed by atoms with Crippen LogP contribution in [0.25, 0.3) is 0 Å². The van der Waals surface area contributed by atoms with E-state index in [9.17, 15) is 9.59 Å². The van der Waals surface area contributed by atoms with Crippen molar-refractivity contribution in [3.05, 3.63) is 47.2 Å². The standard InChI is InChI=1S/C18H22ClNO5/c1-18(2,3)25-17(22)20-8-9-24-14(11-20)16-12(10-15(21)23-4)6-5-7-13(16)19/h5,7-9,11-12H,6,10H2,1-4H3. The molecule has 25 heavy (non-hydrogen) atoms. The highest BCUT2D eigenvalue weighted by atomic mass is 35.5. The quantitative estimate of drug-likeness (QED) is 0.699. The third-order valence-electron chi connectivity index (χ3n) is 3.53. The molecule has 0 radical (unpaired) electrons. The summed E-state index contributed by atoms with van der Waals surface area (Å²) in [6, 6.07) is 0. The van der Waals surface area contributed by atoms with E-state index in [2.05, 4.69) is 0 Å². The van der Waals surface area contributed by atoms with Crippen LogP contribution in [-0.2, 0) is 19.0 Å². The molecule has 1 aliphatic heterocycles. The van der Waals surface area contributed by atoms with Crippen molar-refractivity contribution in [3.63, 3.8) is 0 Å². The minimum absolute atomic E-state index is 0.170. The zero-order chi connectivity index (χ0) is 18.6. The van der Waals surface area contributed by atoms with Crippen LogP contribution < -0.4 is 0 Å². The van der Waals surface area contributed by atoms with E-state index in [4.69, 9.17) is 25.8 Å². The van der Waals surface area contributed by atoms with Crippen molar-refractivity contribution < 1.29 is 23.8 Å². The van der Waals surface area contributed by atoms with Crippen molar-refractivity contribution >= 4 is 23.7 Å². The summed E-state index contributed by atoms with van der Waals surface area (Å²) in [5.74, 6) is -0.127. The molecule has 1 heterocycles. The molecule has 0 bridgehead atoms. The highest BCUT2D eigenvalue weighted by Gasteiger charge is 2.29. The van der Waals surface area contributed by atoms with Crippen LogP contribution in [0.3, 0.4) is 0 Å². The average Bonchev–Trinajstić information content (AvgIpc) is 2.53. The summed E-state index contributed by atoms with van der Waals surface area (Å²) in [6.45, 7) is 5.37. The largest absolute Gasteiger partial charge is 0.469 e. The summed E-state index contributed by atoms with van der Waals surface area (Å²) < 4.78 is 15.6. The molecular weight excluding hydrogens is 346 g/mol. The van der Waals surface area contributed by atoms with Crippen molar-refractivity contribution in [1.82, 2.24) is 4.90 Å². The molecule has 0 aromatic rings. The number of carbonyl (C=O) groups excluding carboxylic acids is 2. The van der Waals surface area contributed by atoms with Crippen LogP contribution >= 0.6 is 11.6 Å². The lowest BCUT2D eigenvalue weighted by atomic mass is 9.87. The highest BCUT2D eigenvalue weighted by Crippen LogP contribution is 2.37. The molecule has 0 spiro atoms. The summed E-state index contributed by atoms with van der Waals surface area (Å²) in [5, 5.41) is 0.464. The van der Waals surface area contributed by atoms with Crippen LogP contribution in [0.1, 0.15) is 33.6 Å². The Bertz CT molecular complexity index is 669. The second-order valence-corrected chi connectivity index (χ2v) is 7.07. The normalized spacial score (nSPS) is 20.1. The lowest BCUT2D eigenvalue weighted by Gasteiger charge is -2.28. The Balaban J connectivity index is 2.26. The van der Waals surface area contributed by atoms with Gasteiger partial charge in [0, 0.05) is 16.5 Å². The van der Waals surface area contributed by atoms with Crippen molar-refractivity contribution in [1.29, 1.82) is 0 Å². The summed E-state index contributed by atoms with van der Waals surface area (Å²) in [5.41, 5.74) is 0.0438. The number of allylic oxidation sites excluding steroid dienone is 4. The molecule has 136 valence electrons. The maximum Gasteiger partial charge on any atom is 0.418 e. The summed E-state index contributed by atoms with van der Waals surface area (Å²) in [6.07, 6.45) is 8.26. The number of amides is 1. The third kappa shape index (κ3) is 5.13. The van der Waals surface area contributed by atoms with Crippen molar-refractivity contribution in [2.45, 2.75) is 39.2 Å². The van der Waals surface area contributed by atoms with Crippen molar-refractivity contribution in [2.75, 3.05) is 7.11 Å². The Hall–Kier alpha value is -2.21. The molecule has 1 atom stereocenters. The number of esters is 1. The van der Waals surface area contributed by atoms with Gasteiger partial charge >= 0.3 is 12.1 Å². The van der Waals surface area contributed by atoms with E-state index < -0.39 is 11.7 Å². The number of nitrogens with zero attached hydrogens (tertiary/aromatic N) is 1. The minimum Gasteiger partial charge on any atom is -0.469 e.